The molecule has 0 amide bonds. The van der Waals surface area contributed by atoms with E-state index < -0.39 is 12.7 Å². The summed E-state index contributed by atoms with van der Waals surface area (Å²) in [6.07, 6.45) is 1.47. The molecular formula is C14H22F3N5O. The summed E-state index contributed by atoms with van der Waals surface area (Å²) in [4.78, 5) is 2.78. The number of likely N-dealkylation sites (tertiary alicyclic amines) is 1. The lowest BCUT2D eigenvalue weighted by atomic mass is 9.80. The number of nitrogens with zero attached hydrogens (tertiary/aromatic N) is 5. The van der Waals surface area contributed by atoms with Gasteiger partial charge in [0, 0.05) is 12.0 Å². The number of aliphatic hydroxyl groups is 1. The van der Waals surface area contributed by atoms with E-state index in [0.717, 1.165) is 45.1 Å². The van der Waals surface area contributed by atoms with E-state index in [1.807, 2.05) is 0 Å². The van der Waals surface area contributed by atoms with Crippen LogP contribution in [-0.4, -0.2) is 55.1 Å². The summed E-state index contributed by atoms with van der Waals surface area (Å²) in [6.45, 7) is 0.0399. The highest BCUT2D eigenvalue weighted by Crippen LogP contribution is 2.35. The maximum Gasteiger partial charge on any atom is 0.409 e. The van der Waals surface area contributed by atoms with Crippen LogP contribution in [0.25, 0.3) is 0 Å². The number of rotatable bonds is 4. The fourth-order valence-corrected chi connectivity index (χ4v) is 3.87. The number of tetrazole rings is 1. The third-order valence-electron chi connectivity index (χ3n) is 4.85. The molecule has 9 heteroatoms. The molecule has 1 aromatic rings. The van der Waals surface area contributed by atoms with Crippen molar-refractivity contribution in [1.29, 1.82) is 0 Å². The van der Waals surface area contributed by atoms with Gasteiger partial charge in [-0.1, -0.05) is 12.8 Å². The highest BCUT2D eigenvalue weighted by Gasteiger charge is 2.37. The van der Waals surface area contributed by atoms with Gasteiger partial charge in [-0.25, -0.2) is 0 Å². The zero-order valence-corrected chi connectivity index (χ0v) is 12.9. The first-order valence-electron chi connectivity index (χ1n) is 8.18. The molecule has 130 valence electrons. The van der Waals surface area contributed by atoms with Gasteiger partial charge in [-0.3, -0.25) is 4.90 Å². The minimum Gasteiger partial charge on any atom is -0.393 e. The average molecular weight is 333 g/mol. The smallest absolute Gasteiger partial charge is 0.393 e. The SMILES string of the molecule is O[C@@H]1CCCC[C@@H]1[C@@H]1CCCN1Cc1nnn(CC(F)(F)F)n1. The van der Waals surface area contributed by atoms with E-state index in [1.54, 1.807) is 0 Å². The summed E-state index contributed by atoms with van der Waals surface area (Å²) < 4.78 is 37.0. The van der Waals surface area contributed by atoms with Crippen molar-refractivity contribution < 1.29 is 18.3 Å². The molecule has 2 heterocycles. The van der Waals surface area contributed by atoms with Crippen LogP contribution in [0.15, 0.2) is 0 Å². The lowest BCUT2D eigenvalue weighted by molar-refractivity contribution is -0.145. The van der Waals surface area contributed by atoms with Gasteiger partial charge in [0.15, 0.2) is 12.4 Å². The molecule has 6 nitrogen and oxygen atoms in total. The summed E-state index contributed by atoms with van der Waals surface area (Å²) in [5.74, 6) is 0.558. The van der Waals surface area contributed by atoms with Gasteiger partial charge >= 0.3 is 6.18 Å². The summed E-state index contributed by atoms with van der Waals surface area (Å²) in [7, 11) is 0. The predicted molar refractivity (Wildman–Crippen MR) is 75.3 cm³/mol. The zero-order chi connectivity index (χ0) is 16.4. The summed E-state index contributed by atoms with van der Waals surface area (Å²) in [5.41, 5.74) is 0. The van der Waals surface area contributed by atoms with Crippen molar-refractivity contribution in [2.45, 2.75) is 69.9 Å². The van der Waals surface area contributed by atoms with Crippen LogP contribution in [0, 0.1) is 5.92 Å². The molecule has 1 aliphatic carbocycles. The van der Waals surface area contributed by atoms with E-state index in [-0.39, 0.29) is 18.1 Å². The van der Waals surface area contributed by atoms with E-state index in [4.69, 9.17) is 0 Å². The Hall–Kier alpha value is -1.22. The van der Waals surface area contributed by atoms with Gasteiger partial charge in [-0.05, 0) is 37.4 Å². The van der Waals surface area contributed by atoms with E-state index in [0.29, 0.717) is 17.2 Å². The van der Waals surface area contributed by atoms with Gasteiger partial charge in [0.1, 0.15) is 0 Å². The Bertz CT molecular complexity index is 521. The van der Waals surface area contributed by atoms with Crippen LogP contribution in [-0.2, 0) is 13.1 Å². The van der Waals surface area contributed by atoms with Crippen molar-refractivity contribution in [1.82, 2.24) is 25.1 Å². The largest absolute Gasteiger partial charge is 0.409 e. The predicted octanol–water partition coefficient (Wildman–Crippen LogP) is 1.75. The molecular weight excluding hydrogens is 311 g/mol. The second-order valence-corrected chi connectivity index (χ2v) is 6.55. The first kappa shape index (κ1) is 16.6. The topological polar surface area (TPSA) is 67.1 Å². The molecule has 0 aromatic carbocycles. The Morgan fingerprint density at radius 3 is 2.65 bits per heavy atom. The van der Waals surface area contributed by atoms with E-state index in [2.05, 4.69) is 20.3 Å². The number of aromatic nitrogens is 4. The molecule has 1 saturated heterocycles. The Balaban J connectivity index is 1.62. The van der Waals surface area contributed by atoms with Crippen LogP contribution in [0.5, 0.6) is 0 Å². The van der Waals surface area contributed by atoms with Crippen LogP contribution in [0.2, 0.25) is 0 Å². The maximum atomic E-state index is 12.3. The molecule has 1 N–H and O–H groups in total. The molecule has 0 radical (unpaired) electrons. The molecule has 23 heavy (non-hydrogen) atoms. The average Bonchev–Trinajstić information content (AvgIpc) is 3.08. The maximum absolute atomic E-state index is 12.3. The van der Waals surface area contributed by atoms with Crippen LogP contribution < -0.4 is 0 Å². The van der Waals surface area contributed by atoms with Crippen molar-refractivity contribution >= 4 is 0 Å². The van der Waals surface area contributed by atoms with Crippen molar-refractivity contribution in [3.63, 3.8) is 0 Å². The molecule has 0 unspecified atom stereocenters. The number of hydrogen-bond donors (Lipinski definition) is 1. The normalized spacial score (nSPS) is 30.0. The first-order valence-corrected chi connectivity index (χ1v) is 8.18. The van der Waals surface area contributed by atoms with Crippen molar-refractivity contribution in [3.05, 3.63) is 5.82 Å². The van der Waals surface area contributed by atoms with Gasteiger partial charge in [-0.2, -0.15) is 18.0 Å². The number of aliphatic hydroxyl groups excluding tert-OH is 1. The Morgan fingerprint density at radius 1 is 1.13 bits per heavy atom. The molecule has 0 bridgehead atoms. The number of hydrogen-bond acceptors (Lipinski definition) is 5. The second kappa shape index (κ2) is 6.72. The third kappa shape index (κ3) is 4.20. The minimum atomic E-state index is -4.35. The monoisotopic (exact) mass is 333 g/mol. The Kier molecular flexibility index (Phi) is 4.86. The van der Waals surface area contributed by atoms with Gasteiger partial charge < -0.3 is 5.11 Å². The first-order chi connectivity index (χ1) is 10.9. The Labute approximate surface area is 132 Å². The molecule has 2 fully saturated rings. The second-order valence-electron chi connectivity index (χ2n) is 6.55. The lowest BCUT2D eigenvalue weighted by Gasteiger charge is -2.36. The molecule has 1 saturated carbocycles. The summed E-state index contributed by atoms with van der Waals surface area (Å²) >= 11 is 0. The van der Waals surface area contributed by atoms with Crippen LogP contribution in [0.3, 0.4) is 0 Å². The molecule has 0 spiro atoms. The number of alkyl halides is 3. The fraction of sp³-hybridized carbons (Fsp3) is 0.929. The standard InChI is InChI=1S/C14H22F3N5O/c15-14(16,17)9-22-19-13(18-20-22)8-21-7-3-5-11(21)10-4-1-2-6-12(10)23/h10-12,23H,1-9H2/t10-,11+,12-/m1/s1. The van der Waals surface area contributed by atoms with Crippen molar-refractivity contribution in [3.8, 4) is 0 Å². The molecule has 3 atom stereocenters. The zero-order valence-electron chi connectivity index (χ0n) is 12.9. The lowest BCUT2D eigenvalue weighted by Crippen LogP contribution is -2.42. The van der Waals surface area contributed by atoms with E-state index >= 15 is 0 Å². The van der Waals surface area contributed by atoms with Crippen molar-refractivity contribution in [2.24, 2.45) is 5.92 Å². The van der Waals surface area contributed by atoms with Gasteiger partial charge in [0.05, 0.1) is 12.6 Å². The molecule has 1 aromatic heterocycles. The number of halogens is 3. The van der Waals surface area contributed by atoms with E-state index in [1.165, 1.54) is 0 Å². The van der Waals surface area contributed by atoms with E-state index in [9.17, 15) is 18.3 Å². The van der Waals surface area contributed by atoms with Crippen LogP contribution in [0.1, 0.15) is 44.3 Å². The molecule has 2 aliphatic rings. The molecule has 3 rings (SSSR count). The third-order valence-corrected chi connectivity index (χ3v) is 4.85. The minimum absolute atomic E-state index is 0.247. The van der Waals surface area contributed by atoms with Gasteiger partial charge in [0.25, 0.3) is 0 Å². The van der Waals surface area contributed by atoms with Crippen molar-refractivity contribution in [2.75, 3.05) is 6.54 Å². The van der Waals surface area contributed by atoms with Crippen LogP contribution in [0.4, 0.5) is 13.2 Å². The van der Waals surface area contributed by atoms with Gasteiger partial charge in [-0.15, -0.1) is 10.2 Å². The highest BCUT2D eigenvalue weighted by atomic mass is 19.4. The summed E-state index contributed by atoms with van der Waals surface area (Å²) in [6, 6.07) is 0.264. The van der Waals surface area contributed by atoms with Crippen LogP contribution >= 0.6 is 0 Å². The summed E-state index contributed by atoms with van der Waals surface area (Å²) in [5, 5.41) is 21.3. The molecule has 1 aliphatic heterocycles. The highest BCUT2D eigenvalue weighted by molar-refractivity contribution is 4.92. The fourth-order valence-electron chi connectivity index (χ4n) is 3.87. The Morgan fingerprint density at radius 2 is 1.91 bits per heavy atom. The van der Waals surface area contributed by atoms with Gasteiger partial charge in [0.2, 0.25) is 0 Å². The quantitative estimate of drug-likeness (QED) is 0.909.